The summed E-state index contributed by atoms with van der Waals surface area (Å²) in [7, 11) is 0. The van der Waals surface area contributed by atoms with Crippen LogP contribution in [0.4, 0.5) is 8.78 Å². The van der Waals surface area contributed by atoms with E-state index < -0.39 is 6.43 Å². The van der Waals surface area contributed by atoms with Gasteiger partial charge in [0.05, 0.1) is 11.9 Å². The fourth-order valence-corrected chi connectivity index (χ4v) is 1.57. The second kappa shape index (κ2) is 3.87. The number of halogens is 2. The van der Waals surface area contributed by atoms with E-state index in [2.05, 4.69) is 19.9 Å². The second-order valence-electron chi connectivity index (χ2n) is 2.50. The van der Waals surface area contributed by atoms with E-state index >= 15 is 0 Å². The van der Waals surface area contributed by atoms with Gasteiger partial charge in [0.15, 0.2) is 10.8 Å². The molecule has 0 saturated carbocycles. The smallest absolute Gasteiger partial charge is 0.248 e. The van der Waals surface area contributed by atoms with Gasteiger partial charge in [0, 0.05) is 0 Å². The molecule has 0 amide bonds. The molecule has 2 aromatic heterocycles. The molecule has 0 spiro atoms. The number of nitrogens with zero attached hydrogens (tertiary/aromatic N) is 3. The number of hydrogen-bond acceptors (Lipinski definition) is 4. The number of hydrogen-bond donors (Lipinski definition) is 1. The molecule has 14 heavy (non-hydrogen) atoms. The zero-order valence-electron chi connectivity index (χ0n) is 6.94. The average molecular weight is 216 g/mol. The van der Waals surface area contributed by atoms with Crippen LogP contribution in [0.5, 0.6) is 0 Å². The molecule has 0 saturated heterocycles. The molecule has 2 heterocycles. The summed E-state index contributed by atoms with van der Waals surface area (Å²) < 4.78 is 23.8. The molecule has 0 fully saturated rings. The Morgan fingerprint density at radius 3 is 3.07 bits per heavy atom. The lowest BCUT2D eigenvalue weighted by Gasteiger charge is -1.93. The minimum absolute atomic E-state index is 0.271. The van der Waals surface area contributed by atoms with Crippen LogP contribution in [-0.4, -0.2) is 32.1 Å². The molecule has 1 N–H and O–H groups in total. The topological polar surface area (TPSA) is 54.5 Å². The molecule has 2 rings (SSSR count). The molecule has 0 aliphatic heterocycles. The van der Waals surface area contributed by atoms with Crippen molar-refractivity contribution in [2.24, 2.45) is 0 Å². The Hall–Kier alpha value is -1.24. The summed E-state index contributed by atoms with van der Waals surface area (Å²) in [4.78, 5) is 14.5. The lowest BCUT2D eigenvalue weighted by Crippen LogP contribution is -1.93. The molecule has 0 atom stereocenters. The van der Waals surface area contributed by atoms with E-state index in [1.54, 1.807) is 6.20 Å². The van der Waals surface area contributed by atoms with Crippen molar-refractivity contribution < 1.29 is 8.78 Å². The van der Waals surface area contributed by atoms with Crippen molar-refractivity contribution in [3.8, 4) is 0 Å². The molecule has 2 aromatic rings. The zero-order chi connectivity index (χ0) is 9.97. The molecular formula is C7H6F2N4S. The summed E-state index contributed by atoms with van der Waals surface area (Å²) in [6, 6.07) is 0. The Morgan fingerprint density at radius 1 is 1.50 bits per heavy atom. The SMILES string of the molecule is FC(F)CSc1nc2ncncc2[nH]1. The lowest BCUT2D eigenvalue weighted by molar-refractivity contribution is 0.176. The van der Waals surface area contributed by atoms with E-state index in [-0.39, 0.29) is 5.75 Å². The Balaban J connectivity index is 2.19. The summed E-state index contributed by atoms with van der Waals surface area (Å²) in [5, 5.41) is 0.445. The molecule has 0 bridgehead atoms. The highest BCUT2D eigenvalue weighted by Gasteiger charge is 2.07. The summed E-state index contributed by atoms with van der Waals surface area (Å²) in [6.07, 6.45) is 0.589. The van der Waals surface area contributed by atoms with E-state index in [1.807, 2.05) is 0 Å². The van der Waals surface area contributed by atoms with Gasteiger partial charge in [0.25, 0.3) is 0 Å². The van der Waals surface area contributed by atoms with Gasteiger partial charge < -0.3 is 4.98 Å². The van der Waals surface area contributed by atoms with Gasteiger partial charge in [-0.05, 0) is 0 Å². The molecule has 4 nitrogen and oxygen atoms in total. The van der Waals surface area contributed by atoms with Gasteiger partial charge in [-0.25, -0.2) is 23.7 Å². The minimum Gasteiger partial charge on any atom is -0.330 e. The number of H-pyrrole nitrogens is 1. The summed E-state index contributed by atoms with van der Waals surface area (Å²) in [6.45, 7) is 0. The standard InChI is InChI=1S/C7H6F2N4S/c8-5(9)2-14-7-12-4-1-10-3-11-6(4)13-7/h1,3,5H,2H2,(H,10,11,12,13). The fraction of sp³-hybridized carbons (Fsp3) is 0.286. The van der Waals surface area contributed by atoms with E-state index in [0.29, 0.717) is 16.3 Å². The number of fused-ring (bicyclic) bond motifs is 1. The van der Waals surface area contributed by atoms with E-state index in [1.165, 1.54) is 6.33 Å². The Kier molecular flexibility index (Phi) is 2.58. The monoisotopic (exact) mass is 216 g/mol. The quantitative estimate of drug-likeness (QED) is 0.793. The van der Waals surface area contributed by atoms with Gasteiger partial charge in [0.2, 0.25) is 6.43 Å². The maximum Gasteiger partial charge on any atom is 0.248 e. The van der Waals surface area contributed by atoms with Crippen LogP contribution >= 0.6 is 11.8 Å². The van der Waals surface area contributed by atoms with Crippen LogP contribution in [0, 0.1) is 0 Å². The van der Waals surface area contributed by atoms with Gasteiger partial charge in [-0.3, -0.25) is 0 Å². The first kappa shape index (κ1) is 9.32. The third-order valence-corrected chi connectivity index (χ3v) is 2.37. The number of alkyl halides is 2. The van der Waals surface area contributed by atoms with Crippen LogP contribution in [0.3, 0.4) is 0 Å². The van der Waals surface area contributed by atoms with Crippen LogP contribution in [0.1, 0.15) is 0 Å². The minimum atomic E-state index is -2.33. The molecule has 0 aromatic carbocycles. The molecule has 0 aliphatic rings. The Morgan fingerprint density at radius 2 is 2.36 bits per heavy atom. The molecule has 0 unspecified atom stereocenters. The largest absolute Gasteiger partial charge is 0.330 e. The van der Waals surface area contributed by atoms with Crippen LogP contribution in [-0.2, 0) is 0 Å². The fourth-order valence-electron chi connectivity index (χ4n) is 0.950. The van der Waals surface area contributed by atoms with Crippen molar-refractivity contribution >= 4 is 22.9 Å². The Bertz CT molecular complexity index is 397. The number of rotatable bonds is 3. The number of nitrogens with one attached hydrogen (secondary N) is 1. The number of aromatic amines is 1. The lowest BCUT2D eigenvalue weighted by atomic mass is 10.6. The number of imidazole rings is 1. The van der Waals surface area contributed by atoms with Crippen LogP contribution in [0.2, 0.25) is 0 Å². The maximum atomic E-state index is 11.9. The van der Waals surface area contributed by atoms with Gasteiger partial charge in [0.1, 0.15) is 11.8 Å². The predicted molar refractivity (Wildman–Crippen MR) is 48.4 cm³/mol. The normalized spacial score (nSPS) is 11.4. The van der Waals surface area contributed by atoms with Crippen molar-refractivity contribution in [3.05, 3.63) is 12.5 Å². The Labute approximate surface area is 82.2 Å². The summed E-state index contributed by atoms with van der Waals surface area (Å²) >= 11 is 0.970. The third kappa shape index (κ3) is 1.98. The molecular weight excluding hydrogens is 210 g/mol. The molecule has 7 heteroatoms. The van der Waals surface area contributed by atoms with Gasteiger partial charge in [-0.15, -0.1) is 0 Å². The van der Waals surface area contributed by atoms with Crippen molar-refractivity contribution in [3.63, 3.8) is 0 Å². The van der Waals surface area contributed by atoms with Crippen LogP contribution in [0.15, 0.2) is 17.7 Å². The van der Waals surface area contributed by atoms with Crippen molar-refractivity contribution in [1.82, 2.24) is 19.9 Å². The van der Waals surface area contributed by atoms with Crippen LogP contribution < -0.4 is 0 Å². The van der Waals surface area contributed by atoms with Gasteiger partial charge in [-0.1, -0.05) is 11.8 Å². The maximum absolute atomic E-state index is 11.9. The second-order valence-corrected chi connectivity index (χ2v) is 3.51. The number of aromatic nitrogens is 4. The highest BCUT2D eigenvalue weighted by Crippen LogP contribution is 2.18. The number of thioether (sulfide) groups is 1. The molecule has 0 radical (unpaired) electrons. The van der Waals surface area contributed by atoms with Crippen molar-refractivity contribution in [2.75, 3.05) is 5.75 Å². The van der Waals surface area contributed by atoms with E-state index in [0.717, 1.165) is 11.8 Å². The third-order valence-electron chi connectivity index (χ3n) is 1.49. The van der Waals surface area contributed by atoms with E-state index in [4.69, 9.17) is 0 Å². The first-order valence-corrected chi connectivity index (χ1v) is 4.81. The summed E-state index contributed by atoms with van der Waals surface area (Å²) in [5.41, 5.74) is 1.15. The van der Waals surface area contributed by atoms with Gasteiger partial charge in [-0.2, -0.15) is 0 Å². The van der Waals surface area contributed by atoms with Gasteiger partial charge >= 0.3 is 0 Å². The highest BCUT2D eigenvalue weighted by molar-refractivity contribution is 7.99. The molecule has 74 valence electrons. The average Bonchev–Trinajstić information content (AvgIpc) is 2.57. The van der Waals surface area contributed by atoms with Crippen LogP contribution in [0.25, 0.3) is 11.2 Å². The predicted octanol–water partition coefficient (Wildman–Crippen LogP) is 1.71. The van der Waals surface area contributed by atoms with Crippen molar-refractivity contribution in [2.45, 2.75) is 11.6 Å². The first-order chi connectivity index (χ1) is 6.75. The summed E-state index contributed by atoms with van der Waals surface area (Å²) in [5.74, 6) is -0.271. The zero-order valence-corrected chi connectivity index (χ0v) is 7.76. The highest BCUT2D eigenvalue weighted by atomic mass is 32.2. The first-order valence-electron chi connectivity index (χ1n) is 3.82. The molecule has 0 aliphatic carbocycles. The van der Waals surface area contributed by atoms with Crippen molar-refractivity contribution in [1.29, 1.82) is 0 Å². The van der Waals surface area contributed by atoms with E-state index in [9.17, 15) is 8.78 Å².